The zero-order valence-corrected chi connectivity index (χ0v) is 7.49. The number of ether oxygens (including phenoxy) is 2. The smallest absolute Gasteiger partial charge is 0.304 e. The van der Waals surface area contributed by atoms with Gasteiger partial charge in [0.1, 0.15) is 0 Å². The Morgan fingerprint density at radius 1 is 1.08 bits per heavy atom. The first-order chi connectivity index (χ1) is 6.09. The first-order valence-electron chi connectivity index (χ1n) is 3.91. The third kappa shape index (κ3) is 3.00. The molecular weight excluding hydrogens is 176 g/mol. The second kappa shape index (κ2) is 4.20. The van der Waals surface area contributed by atoms with Crippen LogP contribution in [0.25, 0.3) is 0 Å². The Morgan fingerprint density at radius 2 is 1.46 bits per heavy atom. The van der Waals surface area contributed by atoms with E-state index in [1.54, 1.807) is 0 Å². The summed E-state index contributed by atoms with van der Waals surface area (Å²) in [6, 6.07) is 0. The molecule has 0 aromatic heterocycles. The van der Waals surface area contributed by atoms with E-state index in [9.17, 15) is 9.59 Å². The summed E-state index contributed by atoms with van der Waals surface area (Å²) >= 11 is 0. The third-order valence-electron chi connectivity index (χ3n) is 1.47. The molecule has 1 fully saturated rings. The molecule has 0 radical (unpaired) electrons. The van der Waals surface area contributed by atoms with Gasteiger partial charge in [-0.05, 0) is 0 Å². The third-order valence-corrected chi connectivity index (χ3v) is 1.47. The summed E-state index contributed by atoms with van der Waals surface area (Å²) in [6.07, 6.45) is -1.19. The lowest BCUT2D eigenvalue weighted by Gasteiger charge is -2.17. The van der Waals surface area contributed by atoms with Crippen molar-refractivity contribution in [2.75, 3.05) is 6.67 Å². The molecule has 2 atom stereocenters. The van der Waals surface area contributed by atoms with Crippen molar-refractivity contribution in [2.45, 2.75) is 26.3 Å². The molecule has 0 aromatic rings. The van der Waals surface area contributed by atoms with Gasteiger partial charge in [0.05, 0.1) is 6.67 Å². The summed E-state index contributed by atoms with van der Waals surface area (Å²) < 4.78 is 9.67. The van der Waals surface area contributed by atoms with Crippen LogP contribution in [0.3, 0.4) is 0 Å². The van der Waals surface area contributed by atoms with Gasteiger partial charge in [-0.2, -0.15) is 0 Å². The second-order valence-corrected chi connectivity index (χ2v) is 2.65. The summed E-state index contributed by atoms with van der Waals surface area (Å²) in [5.41, 5.74) is 0. The van der Waals surface area contributed by atoms with E-state index in [1.165, 1.54) is 13.8 Å². The minimum absolute atomic E-state index is 0.418. The molecule has 0 spiro atoms. The van der Waals surface area contributed by atoms with Gasteiger partial charge in [0.2, 0.25) is 12.5 Å². The Labute approximate surface area is 75.6 Å². The van der Waals surface area contributed by atoms with Crippen molar-refractivity contribution in [3.63, 3.8) is 0 Å². The quantitative estimate of drug-likeness (QED) is 0.536. The van der Waals surface area contributed by atoms with Crippen molar-refractivity contribution in [2.24, 2.45) is 0 Å². The number of rotatable bonds is 2. The van der Waals surface area contributed by atoms with E-state index >= 15 is 0 Å². The molecular formula is C7H12N2O4. The Balaban J connectivity index is 2.43. The van der Waals surface area contributed by atoms with Crippen molar-refractivity contribution >= 4 is 11.9 Å². The molecule has 1 heterocycles. The van der Waals surface area contributed by atoms with Gasteiger partial charge >= 0.3 is 11.9 Å². The minimum Gasteiger partial charge on any atom is -0.441 e. The summed E-state index contributed by atoms with van der Waals surface area (Å²) in [4.78, 5) is 21.2. The fraction of sp³-hybridized carbons (Fsp3) is 0.714. The number of hydrogen-bond donors (Lipinski definition) is 2. The van der Waals surface area contributed by atoms with Gasteiger partial charge in [-0.3, -0.25) is 20.2 Å². The van der Waals surface area contributed by atoms with Crippen LogP contribution in [0.4, 0.5) is 0 Å². The van der Waals surface area contributed by atoms with Gasteiger partial charge in [-0.25, -0.2) is 0 Å². The Hall–Kier alpha value is -1.14. The van der Waals surface area contributed by atoms with E-state index < -0.39 is 24.4 Å². The zero-order chi connectivity index (χ0) is 9.84. The van der Waals surface area contributed by atoms with E-state index in [-0.39, 0.29) is 0 Å². The summed E-state index contributed by atoms with van der Waals surface area (Å²) in [7, 11) is 0. The van der Waals surface area contributed by atoms with Crippen LogP contribution in [-0.2, 0) is 19.1 Å². The van der Waals surface area contributed by atoms with Crippen molar-refractivity contribution < 1.29 is 19.1 Å². The first-order valence-corrected chi connectivity index (χ1v) is 3.91. The summed E-state index contributed by atoms with van der Waals surface area (Å²) in [5, 5.41) is 5.62. The van der Waals surface area contributed by atoms with Crippen LogP contribution < -0.4 is 10.6 Å². The lowest BCUT2D eigenvalue weighted by atomic mass is 10.5. The van der Waals surface area contributed by atoms with Gasteiger partial charge in [0.25, 0.3) is 0 Å². The summed E-state index contributed by atoms with van der Waals surface area (Å²) in [6.45, 7) is 3.03. The molecule has 0 amide bonds. The van der Waals surface area contributed by atoms with Crippen molar-refractivity contribution in [3.05, 3.63) is 0 Å². The van der Waals surface area contributed by atoms with Crippen molar-refractivity contribution in [1.82, 2.24) is 10.6 Å². The average molecular weight is 188 g/mol. The molecule has 0 aliphatic carbocycles. The molecule has 13 heavy (non-hydrogen) atoms. The summed E-state index contributed by atoms with van der Waals surface area (Å²) in [5.74, 6) is -0.836. The predicted octanol–water partition coefficient (Wildman–Crippen LogP) is -1.08. The largest absolute Gasteiger partial charge is 0.441 e. The molecule has 1 aliphatic rings. The Kier molecular flexibility index (Phi) is 3.21. The number of nitrogens with one attached hydrogen (secondary N) is 2. The van der Waals surface area contributed by atoms with Gasteiger partial charge in [0.15, 0.2) is 0 Å². The van der Waals surface area contributed by atoms with E-state index in [0.717, 1.165) is 0 Å². The lowest BCUT2D eigenvalue weighted by molar-refractivity contribution is -0.165. The maximum Gasteiger partial charge on any atom is 0.304 e. The highest BCUT2D eigenvalue weighted by Gasteiger charge is 2.31. The maximum absolute atomic E-state index is 10.6. The number of esters is 2. The fourth-order valence-corrected chi connectivity index (χ4v) is 1.04. The number of hydrogen-bond acceptors (Lipinski definition) is 6. The van der Waals surface area contributed by atoms with Crippen LogP contribution in [-0.4, -0.2) is 31.1 Å². The molecule has 1 saturated heterocycles. The monoisotopic (exact) mass is 188 g/mol. The lowest BCUT2D eigenvalue weighted by Crippen LogP contribution is -2.40. The molecule has 1 rings (SSSR count). The molecule has 6 heteroatoms. The highest BCUT2D eigenvalue weighted by atomic mass is 16.6. The Bertz CT molecular complexity index is 197. The first kappa shape index (κ1) is 9.94. The second-order valence-electron chi connectivity index (χ2n) is 2.65. The topological polar surface area (TPSA) is 76.7 Å². The van der Waals surface area contributed by atoms with Crippen LogP contribution in [0.15, 0.2) is 0 Å². The molecule has 0 unspecified atom stereocenters. The van der Waals surface area contributed by atoms with Crippen LogP contribution in [0.5, 0.6) is 0 Å². The van der Waals surface area contributed by atoms with Crippen molar-refractivity contribution in [3.8, 4) is 0 Å². The van der Waals surface area contributed by atoms with Gasteiger partial charge in [-0.1, -0.05) is 0 Å². The highest BCUT2D eigenvalue weighted by molar-refractivity contribution is 5.67. The van der Waals surface area contributed by atoms with E-state index in [2.05, 4.69) is 10.6 Å². The van der Waals surface area contributed by atoms with E-state index in [4.69, 9.17) is 9.47 Å². The molecule has 1 aliphatic heterocycles. The SMILES string of the molecule is CC(=O)O[C@H]1NCN[C@@H]1OC(C)=O. The average Bonchev–Trinajstić information content (AvgIpc) is 2.34. The van der Waals surface area contributed by atoms with Gasteiger partial charge in [-0.15, -0.1) is 0 Å². The Morgan fingerprint density at radius 3 is 1.77 bits per heavy atom. The van der Waals surface area contributed by atoms with Crippen molar-refractivity contribution in [1.29, 1.82) is 0 Å². The normalized spacial score (nSPS) is 26.9. The molecule has 6 nitrogen and oxygen atoms in total. The van der Waals surface area contributed by atoms with Crippen LogP contribution in [0.1, 0.15) is 13.8 Å². The minimum atomic E-state index is -0.596. The fourth-order valence-electron chi connectivity index (χ4n) is 1.04. The molecule has 74 valence electrons. The zero-order valence-electron chi connectivity index (χ0n) is 7.49. The molecule has 0 bridgehead atoms. The van der Waals surface area contributed by atoms with E-state index in [0.29, 0.717) is 6.67 Å². The highest BCUT2D eigenvalue weighted by Crippen LogP contribution is 2.03. The predicted molar refractivity (Wildman–Crippen MR) is 42.2 cm³/mol. The molecule has 0 saturated carbocycles. The van der Waals surface area contributed by atoms with Crippen LogP contribution in [0, 0.1) is 0 Å². The van der Waals surface area contributed by atoms with Crippen LogP contribution >= 0.6 is 0 Å². The van der Waals surface area contributed by atoms with Gasteiger partial charge in [0, 0.05) is 13.8 Å². The molecule has 0 aromatic carbocycles. The van der Waals surface area contributed by atoms with E-state index in [1.807, 2.05) is 0 Å². The van der Waals surface area contributed by atoms with Crippen LogP contribution in [0.2, 0.25) is 0 Å². The molecule has 2 N–H and O–H groups in total. The number of carbonyl (C=O) groups is 2. The maximum atomic E-state index is 10.6. The number of carbonyl (C=O) groups excluding carboxylic acids is 2. The standard InChI is InChI=1S/C7H12N2O4/c1-4(10)12-6-7(9-3-8-6)13-5(2)11/h6-9H,3H2,1-2H3/t6-,7-/m1/s1. The van der Waals surface area contributed by atoms with Gasteiger partial charge < -0.3 is 9.47 Å².